The predicted molar refractivity (Wildman–Crippen MR) is 63.5 cm³/mol. The average molecular weight is 218 g/mol. The Morgan fingerprint density at radius 1 is 1.00 bits per heavy atom. The molecular formula is C13H14O3. The Hall–Kier alpha value is -1.90. The van der Waals surface area contributed by atoms with Gasteiger partial charge in [-0.3, -0.25) is 0 Å². The lowest BCUT2D eigenvalue weighted by molar-refractivity contribution is 0.358. The summed E-state index contributed by atoms with van der Waals surface area (Å²) in [6.45, 7) is 1.86. The van der Waals surface area contributed by atoms with Crippen molar-refractivity contribution in [3.63, 3.8) is 0 Å². The molecule has 84 valence electrons. The fraction of sp³-hybridized carbons (Fsp3) is 0.231. The van der Waals surface area contributed by atoms with Crippen molar-refractivity contribution >= 4 is 10.8 Å². The van der Waals surface area contributed by atoms with E-state index in [0.717, 1.165) is 16.3 Å². The summed E-state index contributed by atoms with van der Waals surface area (Å²) in [7, 11) is 3.20. The lowest BCUT2D eigenvalue weighted by Crippen LogP contribution is -1.93. The summed E-state index contributed by atoms with van der Waals surface area (Å²) in [6.07, 6.45) is 0. The molecule has 0 saturated carbocycles. The number of hydrogen-bond donors (Lipinski definition) is 1. The smallest absolute Gasteiger partial charge is 0.168 e. The third kappa shape index (κ3) is 1.45. The summed E-state index contributed by atoms with van der Waals surface area (Å²) in [6, 6.07) is 7.35. The Bertz CT molecular complexity index is 532. The molecule has 2 rings (SSSR count). The molecule has 0 saturated heterocycles. The van der Waals surface area contributed by atoms with Gasteiger partial charge < -0.3 is 14.6 Å². The van der Waals surface area contributed by atoms with Gasteiger partial charge in [0.05, 0.1) is 14.2 Å². The molecule has 0 amide bonds. The summed E-state index contributed by atoms with van der Waals surface area (Å²) in [4.78, 5) is 0. The van der Waals surface area contributed by atoms with Crippen LogP contribution in [0.3, 0.4) is 0 Å². The summed E-state index contributed by atoms with van der Waals surface area (Å²) >= 11 is 0. The van der Waals surface area contributed by atoms with Crippen molar-refractivity contribution in [3.05, 3.63) is 29.8 Å². The number of ether oxygens (including phenoxy) is 2. The summed E-state index contributed by atoms with van der Waals surface area (Å²) in [5, 5.41) is 11.6. The molecule has 0 aliphatic carbocycles. The molecule has 0 aliphatic heterocycles. The molecule has 0 spiro atoms. The predicted octanol–water partition coefficient (Wildman–Crippen LogP) is 2.87. The molecule has 0 bridgehead atoms. The molecule has 2 aromatic rings. The van der Waals surface area contributed by atoms with Crippen molar-refractivity contribution in [1.82, 2.24) is 0 Å². The number of phenolic OH excluding ortho intramolecular Hbond substituents is 1. The van der Waals surface area contributed by atoms with E-state index in [1.54, 1.807) is 20.3 Å². The van der Waals surface area contributed by atoms with Crippen LogP contribution in [0.4, 0.5) is 0 Å². The second kappa shape index (κ2) is 3.93. The van der Waals surface area contributed by atoms with Crippen molar-refractivity contribution in [2.24, 2.45) is 0 Å². The molecular weight excluding hydrogens is 204 g/mol. The maximum Gasteiger partial charge on any atom is 0.168 e. The lowest BCUT2D eigenvalue weighted by Gasteiger charge is -2.13. The zero-order valence-corrected chi connectivity index (χ0v) is 9.57. The first-order valence-electron chi connectivity index (χ1n) is 5.02. The van der Waals surface area contributed by atoms with Crippen LogP contribution in [0.5, 0.6) is 17.2 Å². The van der Waals surface area contributed by atoms with E-state index in [-0.39, 0.29) is 5.75 Å². The van der Waals surface area contributed by atoms with E-state index in [1.807, 2.05) is 25.1 Å². The van der Waals surface area contributed by atoms with Crippen molar-refractivity contribution in [3.8, 4) is 17.2 Å². The van der Waals surface area contributed by atoms with Crippen LogP contribution in [0, 0.1) is 6.92 Å². The highest BCUT2D eigenvalue weighted by Crippen LogP contribution is 2.39. The molecule has 2 aromatic carbocycles. The first kappa shape index (κ1) is 10.6. The van der Waals surface area contributed by atoms with Gasteiger partial charge in [-0.1, -0.05) is 12.1 Å². The molecule has 0 unspecified atom stereocenters. The van der Waals surface area contributed by atoms with Gasteiger partial charge in [0.15, 0.2) is 11.5 Å². The molecule has 0 fully saturated rings. The van der Waals surface area contributed by atoms with Gasteiger partial charge in [-0.15, -0.1) is 0 Å². The minimum Gasteiger partial charge on any atom is -0.508 e. The Balaban J connectivity index is 2.89. The molecule has 3 heteroatoms. The van der Waals surface area contributed by atoms with Gasteiger partial charge in [0, 0.05) is 10.9 Å². The van der Waals surface area contributed by atoms with Crippen LogP contribution in [0.1, 0.15) is 5.56 Å². The van der Waals surface area contributed by atoms with Crippen LogP contribution in [0.15, 0.2) is 24.3 Å². The van der Waals surface area contributed by atoms with Crippen molar-refractivity contribution in [1.29, 1.82) is 0 Å². The van der Waals surface area contributed by atoms with Gasteiger partial charge in [0.2, 0.25) is 0 Å². The topological polar surface area (TPSA) is 38.7 Å². The highest BCUT2D eigenvalue weighted by atomic mass is 16.5. The molecule has 0 aromatic heterocycles. The average Bonchev–Trinajstić information content (AvgIpc) is 2.32. The van der Waals surface area contributed by atoms with Gasteiger partial charge in [-0.25, -0.2) is 0 Å². The number of aryl methyl sites for hydroxylation is 1. The highest BCUT2D eigenvalue weighted by Gasteiger charge is 2.12. The van der Waals surface area contributed by atoms with Gasteiger partial charge in [0.1, 0.15) is 5.75 Å². The summed E-state index contributed by atoms with van der Waals surface area (Å²) in [5.74, 6) is 1.59. The summed E-state index contributed by atoms with van der Waals surface area (Å²) < 4.78 is 10.6. The zero-order chi connectivity index (χ0) is 11.7. The van der Waals surface area contributed by atoms with Gasteiger partial charge in [-0.2, -0.15) is 0 Å². The minimum atomic E-state index is 0.263. The van der Waals surface area contributed by atoms with Crippen LogP contribution in [-0.4, -0.2) is 19.3 Å². The molecule has 1 N–H and O–H groups in total. The van der Waals surface area contributed by atoms with E-state index in [2.05, 4.69) is 0 Å². The van der Waals surface area contributed by atoms with Crippen LogP contribution in [-0.2, 0) is 0 Å². The number of hydrogen-bond acceptors (Lipinski definition) is 3. The quantitative estimate of drug-likeness (QED) is 0.842. The number of phenols is 1. The Kier molecular flexibility index (Phi) is 2.60. The van der Waals surface area contributed by atoms with E-state index < -0.39 is 0 Å². The molecule has 0 radical (unpaired) electrons. The van der Waals surface area contributed by atoms with Crippen molar-refractivity contribution < 1.29 is 14.6 Å². The zero-order valence-electron chi connectivity index (χ0n) is 9.57. The largest absolute Gasteiger partial charge is 0.508 e. The number of fused-ring (bicyclic) bond motifs is 1. The van der Waals surface area contributed by atoms with E-state index >= 15 is 0 Å². The fourth-order valence-electron chi connectivity index (χ4n) is 1.89. The monoisotopic (exact) mass is 218 g/mol. The molecule has 0 heterocycles. The molecule has 16 heavy (non-hydrogen) atoms. The minimum absolute atomic E-state index is 0.263. The number of methoxy groups -OCH3 is 2. The lowest BCUT2D eigenvalue weighted by atomic mass is 10.0. The number of aromatic hydroxyl groups is 1. The van der Waals surface area contributed by atoms with Crippen LogP contribution >= 0.6 is 0 Å². The van der Waals surface area contributed by atoms with Crippen molar-refractivity contribution in [2.45, 2.75) is 6.92 Å². The van der Waals surface area contributed by atoms with Crippen LogP contribution in [0.2, 0.25) is 0 Å². The van der Waals surface area contributed by atoms with Gasteiger partial charge in [0.25, 0.3) is 0 Å². The normalized spacial score (nSPS) is 10.4. The van der Waals surface area contributed by atoms with Crippen LogP contribution < -0.4 is 9.47 Å². The number of benzene rings is 2. The van der Waals surface area contributed by atoms with E-state index in [4.69, 9.17) is 9.47 Å². The van der Waals surface area contributed by atoms with E-state index in [1.165, 1.54) is 0 Å². The standard InChI is InChI=1S/C13H14O3/c1-8-10(14)6-4-9-5-7-11(15-2)13(16-3)12(8)9/h4-7,14H,1-3H3. The first-order valence-corrected chi connectivity index (χ1v) is 5.02. The SMILES string of the molecule is COc1ccc2ccc(O)c(C)c2c1OC. The highest BCUT2D eigenvalue weighted by molar-refractivity contribution is 5.94. The summed E-state index contributed by atoms with van der Waals surface area (Å²) in [5.41, 5.74) is 0.799. The Labute approximate surface area is 94.2 Å². The number of rotatable bonds is 2. The third-order valence-corrected chi connectivity index (χ3v) is 2.76. The second-order valence-corrected chi connectivity index (χ2v) is 3.61. The van der Waals surface area contributed by atoms with E-state index in [9.17, 15) is 5.11 Å². The fourth-order valence-corrected chi connectivity index (χ4v) is 1.89. The maximum absolute atomic E-state index is 9.70. The first-order chi connectivity index (χ1) is 7.69. The Morgan fingerprint density at radius 3 is 2.31 bits per heavy atom. The van der Waals surface area contributed by atoms with Gasteiger partial charge in [-0.05, 0) is 24.4 Å². The Morgan fingerprint density at radius 2 is 1.69 bits per heavy atom. The molecule has 3 nitrogen and oxygen atoms in total. The van der Waals surface area contributed by atoms with Gasteiger partial charge >= 0.3 is 0 Å². The van der Waals surface area contributed by atoms with Crippen molar-refractivity contribution in [2.75, 3.05) is 14.2 Å². The molecule has 0 atom stereocenters. The maximum atomic E-state index is 9.70. The third-order valence-electron chi connectivity index (χ3n) is 2.76. The molecule has 0 aliphatic rings. The van der Waals surface area contributed by atoms with E-state index in [0.29, 0.717) is 11.5 Å². The van der Waals surface area contributed by atoms with Crippen LogP contribution in [0.25, 0.3) is 10.8 Å². The second-order valence-electron chi connectivity index (χ2n) is 3.61.